The van der Waals surface area contributed by atoms with Crippen molar-refractivity contribution in [3.8, 4) is 0 Å². The molecule has 1 spiro atoms. The summed E-state index contributed by atoms with van der Waals surface area (Å²) in [6, 6.07) is 0. The first kappa shape index (κ1) is 17.7. The fourth-order valence-electron chi connectivity index (χ4n) is 6.88. The monoisotopic (exact) mass is 350 g/mol. The van der Waals surface area contributed by atoms with Crippen LogP contribution in [0.25, 0.3) is 0 Å². The number of aliphatic hydroxyl groups excluding tert-OH is 4. The lowest BCUT2D eigenvalue weighted by molar-refractivity contribution is -0.174. The normalized spacial score (nSPS) is 57.2. The largest absolute Gasteiger partial charge is 0.392 e. The van der Waals surface area contributed by atoms with Crippen LogP contribution in [0.2, 0.25) is 0 Å². The molecule has 4 fully saturated rings. The standard InChI is InChI=1S/C20H30O5/c1-9-7-19-8-13(21)20(25)14(15(22)17(24)18(20,3)4)10(2)12(19)6-5-11(9)16(19)23/h11-17,21-25H,1-2,5-8H2,3-4H3/t11-,12-,13+,14+,15+,16+,17-,19+,20+/m0/s1. The number of aliphatic hydroxyl groups is 5. The first-order valence-corrected chi connectivity index (χ1v) is 9.31. The SMILES string of the molecule is C=C1C[C@@]23C[C@@H](O)[C@@]4(O)[C@H](C(=C)[C@@H]2CC[C@@H]1[C@H]3O)[C@@H](O)[C@H](O)C4(C)C. The molecule has 5 nitrogen and oxygen atoms in total. The zero-order valence-corrected chi connectivity index (χ0v) is 15.0. The van der Waals surface area contributed by atoms with E-state index in [2.05, 4.69) is 13.2 Å². The predicted molar refractivity (Wildman–Crippen MR) is 92.4 cm³/mol. The molecule has 0 amide bonds. The third-order valence-electron chi connectivity index (χ3n) is 8.35. The molecule has 4 rings (SSSR count). The van der Waals surface area contributed by atoms with E-state index in [0.717, 1.165) is 18.4 Å². The smallest absolute Gasteiger partial charge is 0.107 e. The van der Waals surface area contributed by atoms with Crippen molar-refractivity contribution in [2.75, 3.05) is 0 Å². The number of fused-ring (bicyclic) bond motifs is 2. The number of hydrogen-bond donors (Lipinski definition) is 5. The summed E-state index contributed by atoms with van der Waals surface area (Å²) in [5.41, 5.74) is -1.70. The van der Waals surface area contributed by atoms with Crippen molar-refractivity contribution in [2.24, 2.45) is 28.6 Å². The molecule has 2 bridgehead atoms. The van der Waals surface area contributed by atoms with Gasteiger partial charge in [0.05, 0.1) is 24.4 Å². The van der Waals surface area contributed by atoms with Gasteiger partial charge in [0.25, 0.3) is 0 Å². The molecule has 9 atom stereocenters. The van der Waals surface area contributed by atoms with Crippen molar-refractivity contribution >= 4 is 0 Å². The summed E-state index contributed by atoms with van der Waals surface area (Å²) in [6.45, 7) is 11.7. The first-order chi connectivity index (χ1) is 11.5. The van der Waals surface area contributed by atoms with E-state index in [1.54, 1.807) is 13.8 Å². The quantitative estimate of drug-likeness (QED) is 0.415. The molecular formula is C20H30O5. The van der Waals surface area contributed by atoms with Gasteiger partial charge in [-0.3, -0.25) is 0 Å². The van der Waals surface area contributed by atoms with Crippen molar-refractivity contribution in [3.63, 3.8) is 0 Å². The third kappa shape index (κ3) is 1.77. The molecule has 0 aromatic heterocycles. The van der Waals surface area contributed by atoms with Crippen molar-refractivity contribution < 1.29 is 25.5 Å². The Balaban J connectivity index is 1.88. The Morgan fingerprint density at radius 3 is 2.28 bits per heavy atom. The van der Waals surface area contributed by atoms with E-state index < -0.39 is 46.8 Å². The van der Waals surface area contributed by atoms with E-state index in [4.69, 9.17) is 0 Å². The fourth-order valence-corrected chi connectivity index (χ4v) is 6.88. The number of rotatable bonds is 0. The second-order valence-corrected chi connectivity index (χ2v) is 9.50. The second kappa shape index (κ2) is 4.96. The predicted octanol–water partition coefficient (Wildman–Crippen LogP) is 0.750. The molecule has 0 radical (unpaired) electrons. The molecule has 4 saturated carbocycles. The summed E-state index contributed by atoms with van der Waals surface area (Å²) in [5, 5.41) is 55.0. The maximum Gasteiger partial charge on any atom is 0.107 e. The van der Waals surface area contributed by atoms with Crippen LogP contribution in [0.15, 0.2) is 24.3 Å². The Morgan fingerprint density at radius 2 is 1.64 bits per heavy atom. The van der Waals surface area contributed by atoms with E-state index in [-0.39, 0.29) is 18.3 Å². The Labute approximate surface area is 148 Å². The van der Waals surface area contributed by atoms with E-state index in [1.807, 2.05) is 0 Å². The van der Waals surface area contributed by atoms with Crippen LogP contribution in [0.5, 0.6) is 0 Å². The Kier molecular flexibility index (Phi) is 3.51. The van der Waals surface area contributed by atoms with Gasteiger partial charge in [0.15, 0.2) is 0 Å². The summed E-state index contributed by atoms with van der Waals surface area (Å²) in [5.74, 6) is -0.885. The molecule has 5 N–H and O–H groups in total. The highest BCUT2D eigenvalue weighted by Gasteiger charge is 2.72. The van der Waals surface area contributed by atoms with Gasteiger partial charge < -0.3 is 25.5 Å². The van der Waals surface area contributed by atoms with Gasteiger partial charge in [-0.1, -0.05) is 38.2 Å². The van der Waals surface area contributed by atoms with Crippen LogP contribution < -0.4 is 0 Å². The van der Waals surface area contributed by atoms with Crippen molar-refractivity contribution in [1.82, 2.24) is 0 Å². The molecular weight excluding hydrogens is 320 g/mol. The zero-order chi connectivity index (χ0) is 18.5. The number of hydrogen-bond acceptors (Lipinski definition) is 5. The third-order valence-corrected chi connectivity index (χ3v) is 8.35. The van der Waals surface area contributed by atoms with E-state index in [1.165, 1.54) is 0 Å². The van der Waals surface area contributed by atoms with Crippen molar-refractivity contribution in [1.29, 1.82) is 0 Å². The fraction of sp³-hybridized carbons (Fsp3) is 0.800. The van der Waals surface area contributed by atoms with E-state index >= 15 is 0 Å². The molecule has 0 saturated heterocycles. The maximum atomic E-state index is 11.6. The topological polar surface area (TPSA) is 101 Å². The van der Waals surface area contributed by atoms with Gasteiger partial charge in [0.1, 0.15) is 5.60 Å². The van der Waals surface area contributed by atoms with Crippen LogP contribution in [-0.4, -0.2) is 55.5 Å². The average molecular weight is 350 g/mol. The first-order valence-electron chi connectivity index (χ1n) is 9.31. The highest BCUT2D eigenvalue weighted by molar-refractivity contribution is 5.35. The van der Waals surface area contributed by atoms with Gasteiger partial charge in [-0.05, 0) is 31.6 Å². The molecule has 140 valence electrons. The van der Waals surface area contributed by atoms with Crippen LogP contribution >= 0.6 is 0 Å². The molecule has 0 aromatic carbocycles. The van der Waals surface area contributed by atoms with Gasteiger partial charge in [-0.25, -0.2) is 0 Å². The Morgan fingerprint density at radius 1 is 1.00 bits per heavy atom. The summed E-state index contributed by atoms with van der Waals surface area (Å²) >= 11 is 0. The van der Waals surface area contributed by atoms with Gasteiger partial charge in [-0.15, -0.1) is 0 Å². The summed E-state index contributed by atoms with van der Waals surface area (Å²) < 4.78 is 0. The lowest BCUT2D eigenvalue weighted by atomic mass is 9.61. The molecule has 0 unspecified atom stereocenters. The maximum absolute atomic E-state index is 11.6. The van der Waals surface area contributed by atoms with Crippen LogP contribution in [0.4, 0.5) is 0 Å². The van der Waals surface area contributed by atoms with Crippen LogP contribution in [0.3, 0.4) is 0 Å². The molecule has 0 heterocycles. The summed E-state index contributed by atoms with van der Waals surface area (Å²) in [6.07, 6.45) is -1.68. The average Bonchev–Trinajstić information content (AvgIpc) is 2.73. The Hall–Kier alpha value is -0.720. The summed E-state index contributed by atoms with van der Waals surface area (Å²) in [4.78, 5) is 0. The van der Waals surface area contributed by atoms with Crippen molar-refractivity contribution in [3.05, 3.63) is 24.3 Å². The zero-order valence-electron chi connectivity index (χ0n) is 15.0. The highest BCUT2D eigenvalue weighted by Crippen LogP contribution is 2.67. The van der Waals surface area contributed by atoms with Crippen LogP contribution in [-0.2, 0) is 0 Å². The summed E-state index contributed by atoms with van der Waals surface area (Å²) in [7, 11) is 0. The van der Waals surface area contributed by atoms with Gasteiger partial charge >= 0.3 is 0 Å². The highest BCUT2D eigenvalue weighted by atomic mass is 16.4. The van der Waals surface area contributed by atoms with Gasteiger partial charge in [0.2, 0.25) is 0 Å². The molecule has 4 aliphatic carbocycles. The Bertz CT molecular complexity index is 642. The molecule has 0 aliphatic heterocycles. The van der Waals surface area contributed by atoms with Crippen LogP contribution in [0, 0.1) is 28.6 Å². The minimum absolute atomic E-state index is 0.0346. The van der Waals surface area contributed by atoms with Crippen molar-refractivity contribution in [2.45, 2.75) is 69.5 Å². The van der Waals surface area contributed by atoms with E-state index in [9.17, 15) is 25.5 Å². The molecule has 25 heavy (non-hydrogen) atoms. The van der Waals surface area contributed by atoms with Crippen LogP contribution in [0.1, 0.15) is 39.5 Å². The lowest BCUT2D eigenvalue weighted by Gasteiger charge is -2.46. The minimum atomic E-state index is -1.69. The lowest BCUT2D eigenvalue weighted by Crippen LogP contribution is -2.57. The van der Waals surface area contributed by atoms with Gasteiger partial charge in [0, 0.05) is 22.7 Å². The molecule has 4 aliphatic rings. The second-order valence-electron chi connectivity index (χ2n) is 9.50. The minimum Gasteiger partial charge on any atom is -0.392 e. The van der Waals surface area contributed by atoms with E-state index in [0.29, 0.717) is 12.0 Å². The van der Waals surface area contributed by atoms with Gasteiger partial charge in [-0.2, -0.15) is 0 Å². The molecule has 5 heteroatoms. The molecule has 0 aromatic rings.